The number of urea groups is 1. The number of thioether (sulfide) groups is 1. The molecular formula is C23H25N3O5S2. The summed E-state index contributed by atoms with van der Waals surface area (Å²) in [4.78, 5) is 43.9. The third kappa shape index (κ3) is 5.39. The molecule has 1 N–H and O–H groups in total. The third-order valence-electron chi connectivity index (χ3n) is 5.32. The van der Waals surface area contributed by atoms with E-state index in [0.29, 0.717) is 29.3 Å². The smallest absolute Gasteiger partial charge is 0.338 e. The van der Waals surface area contributed by atoms with Gasteiger partial charge in [0, 0.05) is 22.9 Å². The number of nitrogens with zero attached hydrogens (tertiary/aromatic N) is 2. The lowest BCUT2D eigenvalue weighted by atomic mass is 9.95. The van der Waals surface area contributed by atoms with Crippen LogP contribution in [0.2, 0.25) is 0 Å². The van der Waals surface area contributed by atoms with Crippen molar-refractivity contribution in [3.05, 3.63) is 58.2 Å². The van der Waals surface area contributed by atoms with Crippen LogP contribution in [-0.4, -0.2) is 53.4 Å². The largest absolute Gasteiger partial charge is 0.466 e. The maximum atomic E-state index is 13.1. The Bertz CT molecular complexity index is 1070. The van der Waals surface area contributed by atoms with E-state index in [9.17, 15) is 14.4 Å². The molecule has 8 nitrogen and oxygen atoms in total. The summed E-state index contributed by atoms with van der Waals surface area (Å²) in [6.07, 6.45) is 1.91. The molecule has 1 atom stereocenters. The van der Waals surface area contributed by atoms with E-state index in [1.807, 2.05) is 35.7 Å². The molecule has 10 heteroatoms. The number of hydrogen-bond donors (Lipinski definition) is 1. The number of benzene rings is 1. The molecule has 2 aliphatic rings. The summed E-state index contributed by atoms with van der Waals surface area (Å²) in [7, 11) is 1.35. The summed E-state index contributed by atoms with van der Waals surface area (Å²) in [5, 5.41) is 4.82. The van der Waals surface area contributed by atoms with Crippen LogP contribution in [0.25, 0.3) is 0 Å². The van der Waals surface area contributed by atoms with E-state index in [-0.39, 0.29) is 24.5 Å². The summed E-state index contributed by atoms with van der Waals surface area (Å²) in [6, 6.07) is 8.68. The Balaban J connectivity index is 1.63. The van der Waals surface area contributed by atoms with Gasteiger partial charge in [-0.1, -0.05) is 42.1 Å². The first-order valence-electron chi connectivity index (χ1n) is 10.7. The number of rotatable bonds is 9. The van der Waals surface area contributed by atoms with Gasteiger partial charge >= 0.3 is 18.0 Å². The lowest BCUT2D eigenvalue weighted by Gasteiger charge is -2.36. The van der Waals surface area contributed by atoms with Gasteiger partial charge < -0.3 is 14.8 Å². The molecule has 0 radical (unpaired) electrons. The zero-order chi connectivity index (χ0) is 23.4. The topological polar surface area (TPSA) is 97.8 Å². The molecule has 174 valence electrons. The number of methoxy groups -OCH3 is 1. The van der Waals surface area contributed by atoms with Gasteiger partial charge in [-0.2, -0.15) is 0 Å². The third-order valence-corrected chi connectivity index (χ3v) is 7.40. The maximum absolute atomic E-state index is 13.1. The highest BCUT2D eigenvalue weighted by Crippen LogP contribution is 2.40. The van der Waals surface area contributed by atoms with Crippen molar-refractivity contribution in [1.29, 1.82) is 0 Å². The molecular weight excluding hydrogens is 462 g/mol. The normalized spacial score (nSPS) is 18.2. The highest BCUT2D eigenvalue weighted by Gasteiger charge is 2.43. The molecule has 4 rings (SSSR count). The summed E-state index contributed by atoms with van der Waals surface area (Å²) in [5.41, 5.74) is 2.54. The van der Waals surface area contributed by atoms with Crippen LogP contribution in [0.4, 0.5) is 4.79 Å². The Morgan fingerprint density at radius 2 is 2.03 bits per heavy atom. The van der Waals surface area contributed by atoms with Crippen molar-refractivity contribution in [1.82, 2.24) is 15.2 Å². The fourth-order valence-corrected chi connectivity index (χ4v) is 5.59. The fraction of sp³-hybridized carbons (Fsp3) is 0.391. The lowest BCUT2D eigenvalue weighted by Crippen LogP contribution is -2.50. The second kappa shape index (κ2) is 10.4. The minimum atomic E-state index is -0.590. The number of carbonyl (C=O) groups is 3. The number of hydrogen-bond acceptors (Lipinski definition) is 8. The Kier molecular flexibility index (Phi) is 7.34. The number of amides is 2. The number of thiazole rings is 1. The first kappa shape index (κ1) is 23.3. The van der Waals surface area contributed by atoms with Gasteiger partial charge in [0.2, 0.25) is 0 Å². The van der Waals surface area contributed by atoms with Gasteiger partial charge in [0.05, 0.1) is 37.4 Å². The molecule has 1 aliphatic carbocycles. The minimum Gasteiger partial charge on any atom is -0.466 e. The Morgan fingerprint density at radius 1 is 1.27 bits per heavy atom. The van der Waals surface area contributed by atoms with Crippen molar-refractivity contribution < 1.29 is 23.9 Å². The van der Waals surface area contributed by atoms with Gasteiger partial charge in [0.25, 0.3) is 0 Å². The van der Waals surface area contributed by atoms with E-state index >= 15 is 0 Å². The maximum Gasteiger partial charge on any atom is 0.338 e. The fourth-order valence-electron chi connectivity index (χ4n) is 3.72. The second-order valence-corrected chi connectivity index (χ2v) is 9.70. The molecule has 1 aromatic heterocycles. The van der Waals surface area contributed by atoms with Crippen molar-refractivity contribution in [2.75, 3.05) is 19.5 Å². The molecule has 2 aromatic rings. The molecule has 2 heterocycles. The van der Waals surface area contributed by atoms with Gasteiger partial charge in [0.1, 0.15) is 0 Å². The molecule has 1 aromatic carbocycles. The SMILES string of the molecule is CCOC(=O)Cc1csc(SCC2=C(C(=O)OC)C(c3ccccc3)NC(=O)N2C2CC2)n1. The summed E-state index contributed by atoms with van der Waals surface area (Å²) in [5.74, 6) is -0.402. The van der Waals surface area contributed by atoms with Gasteiger partial charge in [0.15, 0.2) is 4.34 Å². The van der Waals surface area contributed by atoms with E-state index in [0.717, 1.165) is 22.7 Å². The lowest BCUT2D eigenvalue weighted by molar-refractivity contribution is -0.142. The number of carbonyl (C=O) groups excluding carboxylic acids is 3. The van der Waals surface area contributed by atoms with Gasteiger partial charge in [-0.25, -0.2) is 14.6 Å². The van der Waals surface area contributed by atoms with Crippen LogP contribution < -0.4 is 5.32 Å². The number of esters is 2. The average molecular weight is 488 g/mol. The molecule has 0 bridgehead atoms. The summed E-state index contributed by atoms with van der Waals surface area (Å²) < 4.78 is 10.9. The van der Waals surface area contributed by atoms with Crippen LogP contribution in [0.3, 0.4) is 0 Å². The molecule has 33 heavy (non-hydrogen) atoms. The highest BCUT2D eigenvalue weighted by molar-refractivity contribution is 8.01. The van der Waals surface area contributed by atoms with E-state index in [4.69, 9.17) is 9.47 Å². The molecule has 1 saturated carbocycles. The molecule has 0 spiro atoms. The first-order chi connectivity index (χ1) is 16.0. The van der Waals surface area contributed by atoms with Crippen LogP contribution in [0.5, 0.6) is 0 Å². The number of ether oxygens (including phenoxy) is 2. The molecule has 1 aliphatic heterocycles. The van der Waals surface area contributed by atoms with Crippen molar-refractivity contribution in [2.45, 2.75) is 42.6 Å². The molecule has 0 saturated heterocycles. The van der Waals surface area contributed by atoms with Crippen LogP contribution in [0.15, 0.2) is 51.3 Å². The zero-order valence-corrected chi connectivity index (χ0v) is 20.0. The van der Waals surface area contributed by atoms with Crippen LogP contribution in [0, 0.1) is 0 Å². The van der Waals surface area contributed by atoms with Crippen molar-refractivity contribution >= 4 is 41.1 Å². The average Bonchev–Trinajstić information content (AvgIpc) is 3.56. The van der Waals surface area contributed by atoms with Crippen molar-refractivity contribution in [3.63, 3.8) is 0 Å². The summed E-state index contributed by atoms with van der Waals surface area (Å²) in [6.45, 7) is 2.10. The number of aromatic nitrogens is 1. The first-order valence-corrected chi connectivity index (χ1v) is 12.6. The predicted molar refractivity (Wildman–Crippen MR) is 125 cm³/mol. The highest BCUT2D eigenvalue weighted by atomic mass is 32.2. The van der Waals surface area contributed by atoms with Gasteiger partial charge in [-0.15, -0.1) is 11.3 Å². The Morgan fingerprint density at radius 3 is 2.70 bits per heavy atom. The van der Waals surface area contributed by atoms with Crippen LogP contribution in [0.1, 0.15) is 37.1 Å². The standard InChI is InChI=1S/C23H25N3O5S2/c1-3-31-18(27)11-15-12-32-23(24-15)33-13-17-19(21(28)30-2)20(14-7-5-4-6-8-14)25-22(29)26(17)16-9-10-16/h4-8,12,16,20H,3,9-11,13H2,1-2H3,(H,25,29). The number of nitrogens with one attached hydrogen (secondary N) is 1. The molecule has 1 fully saturated rings. The van der Waals surface area contributed by atoms with E-state index in [2.05, 4.69) is 10.3 Å². The van der Waals surface area contributed by atoms with Crippen LogP contribution in [-0.2, 0) is 25.5 Å². The van der Waals surface area contributed by atoms with Crippen molar-refractivity contribution in [2.24, 2.45) is 0 Å². The Hall–Kier alpha value is -2.85. The van der Waals surface area contributed by atoms with E-state index in [1.165, 1.54) is 30.2 Å². The molecule has 1 unspecified atom stereocenters. The Labute approximate surface area is 200 Å². The van der Waals surface area contributed by atoms with Gasteiger partial charge in [-0.3, -0.25) is 9.69 Å². The van der Waals surface area contributed by atoms with Crippen molar-refractivity contribution in [3.8, 4) is 0 Å². The zero-order valence-electron chi connectivity index (χ0n) is 18.4. The van der Waals surface area contributed by atoms with Crippen LogP contribution >= 0.6 is 23.1 Å². The van der Waals surface area contributed by atoms with Gasteiger partial charge in [-0.05, 0) is 25.3 Å². The summed E-state index contributed by atoms with van der Waals surface area (Å²) >= 11 is 2.86. The quantitative estimate of drug-likeness (QED) is 0.425. The molecule has 2 amide bonds. The second-order valence-electron chi connectivity index (χ2n) is 7.62. The monoisotopic (exact) mass is 487 g/mol. The van der Waals surface area contributed by atoms with E-state index in [1.54, 1.807) is 11.8 Å². The predicted octanol–water partition coefficient (Wildman–Crippen LogP) is 3.70. The minimum absolute atomic E-state index is 0.0765. The van der Waals surface area contributed by atoms with E-state index < -0.39 is 12.0 Å².